The number of methoxy groups -OCH3 is 1. The molecule has 0 aliphatic heterocycles. The Bertz CT molecular complexity index is 1320. The predicted octanol–water partition coefficient (Wildman–Crippen LogP) is 6.19. The summed E-state index contributed by atoms with van der Waals surface area (Å²) in [6.45, 7) is 0.209. The minimum atomic E-state index is -4.55. The number of hydrazone groups is 1. The van der Waals surface area contributed by atoms with Gasteiger partial charge in [0.05, 0.1) is 23.4 Å². The zero-order chi connectivity index (χ0) is 27.0. The van der Waals surface area contributed by atoms with Crippen molar-refractivity contribution >= 4 is 51.2 Å². The van der Waals surface area contributed by atoms with Crippen LogP contribution in [0.4, 0.5) is 18.9 Å². The smallest absolute Gasteiger partial charge is 0.416 e. The molecule has 0 atom stereocenters. The summed E-state index contributed by atoms with van der Waals surface area (Å²) >= 11 is 9.59. The molecule has 12 heteroatoms. The first-order chi connectivity index (χ1) is 17.6. The zero-order valence-electron chi connectivity index (χ0n) is 19.2. The number of halogens is 5. The van der Waals surface area contributed by atoms with Crippen LogP contribution in [0.1, 0.15) is 23.1 Å². The second-order valence-corrected chi connectivity index (χ2v) is 8.77. The quantitative estimate of drug-likeness (QED) is 0.175. The number of alkyl halides is 3. The highest BCUT2D eigenvalue weighted by Crippen LogP contribution is 2.37. The van der Waals surface area contributed by atoms with Gasteiger partial charge in [-0.15, -0.1) is 0 Å². The molecule has 3 rings (SSSR count). The molecule has 0 spiro atoms. The van der Waals surface area contributed by atoms with Crippen molar-refractivity contribution in [3.63, 3.8) is 0 Å². The summed E-state index contributed by atoms with van der Waals surface area (Å²) in [5, 5.41) is 6.63. The van der Waals surface area contributed by atoms with Crippen LogP contribution in [0.25, 0.3) is 0 Å². The van der Waals surface area contributed by atoms with E-state index in [1.165, 1.54) is 19.4 Å². The number of nitrogens with zero attached hydrogens (tertiary/aromatic N) is 1. The number of rotatable bonds is 9. The lowest BCUT2D eigenvalue weighted by atomic mass is 10.2. The number of amides is 2. The number of hydrogen-bond acceptors (Lipinski definition) is 5. The average molecular weight is 599 g/mol. The van der Waals surface area contributed by atoms with Crippen LogP contribution in [0.5, 0.6) is 11.5 Å². The van der Waals surface area contributed by atoms with Gasteiger partial charge in [-0.3, -0.25) is 9.59 Å². The third-order valence-corrected chi connectivity index (χ3v) is 5.74. The summed E-state index contributed by atoms with van der Waals surface area (Å²) in [7, 11) is 1.47. The molecule has 0 unspecified atom stereocenters. The van der Waals surface area contributed by atoms with Gasteiger partial charge in [0.1, 0.15) is 13.0 Å². The summed E-state index contributed by atoms with van der Waals surface area (Å²) in [6.07, 6.45) is -3.87. The molecule has 0 saturated heterocycles. The SMILES string of the molecule is COc1cc(C=NNC(=O)CC(=O)Nc2cccc(C(F)(F)F)c2)cc(Br)c1OCc1ccccc1Cl. The fraction of sp³-hybridized carbons (Fsp3) is 0.160. The number of carbonyl (C=O) groups excluding carboxylic acids is 2. The largest absolute Gasteiger partial charge is 0.493 e. The van der Waals surface area contributed by atoms with Crippen LogP contribution in [0.3, 0.4) is 0 Å². The van der Waals surface area contributed by atoms with E-state index in [9.17, 15) is 22.8 Å². The van der Waals surface area contributed by atoms with Gasteiger partial charge in [-0.2, -0.15) is 18.3 Å². The van der Waals surface area contributed by atoms with Crippen LogP contribution >= 0.6 is 27.5 Å². The van der Waals surface area contributed by atoms with Crippen molar-refractivity contribution in [3.8, 4) is 11.5 Å². The number of nitrogens with one attached hydrogen (secondary N) is 2. The summed E-state index contributed by atoms with van der Waals surface area (Å²) in [4.78, 5) is 24.0. The van der Waals surface area contributed by atoms with E-state index in [-0.39, 0.29) is 12.3 Å². The molecule has 0 radical (unpaired) electrons. The zero-order valence-corrected chi connectivity index (χ0v) is 21.6. The van der Waals surface area contributed by atoms with Crippen LogP contribution in [0.15, 0.2) is 70.2 Å². The van der Waals surface area contributed by atoms with Gasteiger partial charge in [0.25, 0.3) is 0 Å². The first-order valence-electron chi connectivity index (χ1n) is 10.6. The van der Waals surface area contributed by atoms with Crippen LogP contribution < -0.4 is 20.2 Å². The van der Waals surface area contributed by atoms with E-state index in [0.717, 1.165) is 23.8 Å². The van der Waals surface area contributed by atoms with E-state index < -0.39 is 30.0 Å². The maximum absolute atomic E-state index is 12.8. The van der Waals surface area contributed by atoms with Crippen molar-refractivity contribution in [2.75, 3.05) is 12.4 Å². The first-order valence-corrected chi connectivity index (χ1v) is 11.8. The Kier molecular flexibility index (Phi) is 9.54. The Balaban J connectivity index is 1.57. The standard InChI is InChI=1S/C25H20BrClF3N3O4/c1-36-21-10-15(9-19(26)24(21)37-14-16-5-2-3-8-20(16)27)13-31-33-23(35)12-22(34)32-18-7-4-6-17(11-18)25(28,29)30/h2-11,13H,12,14H2,1H3,(H,32,34)(H,33,35). The molecule has 0 heterocycles. The van der Waals surface area contributed by atoms with Crippen molar-refractivity contribution in [1.82, 2.24) is 5.43 Å². The van der Waals surface area contributed by atoms with E-state index in [4.69, 9.17) is 21.1 Å². The summed E-state index contributed by atoms with van der Waals surface area (Å²) in [5.74, 6) is -0.715. The Hall–Kier alpha value is -3.57. The molecule has 37 heavy (non-hydrogen) atoms. The summed E-state index contributed by atoms with van der Waals surface area (Å²) in [5.41, 5.74) is 2.54. The second kappa shape index (κ2) is 12.6. The van der Waals surface area contributed by atoms with E-state index in [2.05, 4.69) is 31.8 Å². The number of carbonyl (C=O) groups is 2. The normalized spacial score (nSPS) is 11.3. The van der Waals surface area contributed by atoms with Crippen molar-refractivity contribution in [1.29, 1.82) is 0 Å². The van der Waals surface area contributed by atoms with Crippen LogP contribution in [-0.2, 0) is 22.4 Å². The van der Waals surface area contributed by atoms with E-state index >= 15 is 0 Å². The molecule has 194 valence electrons. The molecule has 2 N–H and O–H groups in total. The molecule has 3 aromatic rings. The lowest BCUT2D eigenvalue weighted by Gasteiger charge is -2.14. The molecule has 0 aliphatic carbocycles. The Labute approximate surface area is 223 Å². The highest BCUT2D eigenvalue weighted by molar-refractivity contribution is 9.10. The number of hydrogen-bond donors (Lipinski definition) is 2. The second-order valence-electron chi connectivity index (χ2n) is 7.51. The van der Waals surface area contributed by atoms with Gasteiger partial charge >= 0.3 is 6.18 Å². The predicted molar refractivity (Wildman–Crippen MR) is 137 cm³/mol. The Morgan fingerprint density at radius 1 is 1.08 bits per heavy atom. The monoisotopic (exact) mass is 597 g/mol. The van der Waals surface area contributed by atoms with Crippen molar-refractivity contribution < 1.29 is 32.2 Å². The van der Waals surface area contributed by atoms with Crippen molar-refractivity contribution in [2.45, 2.75) is 19.2 Å². The van der Waals surface area contributed by atoms with Crippen molar-refractivity contribution in [3.05, 3.63) is 86.8 Å². The molecule has 0 saturated carbocycles. The highest BCUT2D eigenvalue weighted by Gasteiger charge is 2.30. The first kappa shape index (κ1) is 28.0. The van der Waals surface area contributed by atoms with Gasteiger partial charge in [0.2, 0.25) is 11.8 Å². The molecule has 0 bridgehead atoms. The van der Waals surface area contributed by atoms with Gasteiger partial charge in [-0.1, -0.05) is 35.9 Å². The van der Waals surface area contributed by atoms with Crippen LogP contribution in [0, 0.1) is 0 Å². The summed E-state index contributed by atoms with van der Waals surface area (Å²) < 4.78 is 50.2. The lowest BCUT2D eigenvalue weighted by Crippen LogP contribution is -2.24. The van der Waals surface area contributed by atoms with Gasteiger partial charge in [0.15, 0.2) is 11.5 Å². The molecule has 0 aromatic heterocycles. The minimum absolute atomic E-state index is 0.0788. The summed E-state index contributed by atoms with van der Waals surface area (Å²) in [6, 6.07) is 14.7. The van der Waals surface area contributed by atoms with Crippen molar-refractivity contribution in [2.24, 2.45) is 5.10 Å². The number of ether oxygens (including phenoxy) is 2. The third kappa shape index (κ3) is 8.22. The van der Waals surface area contributed by atoms with E-state index in [1.54, 1.807) is 18.2 Å². The molecule has 2 amide bonds. The maximum Gasteiger partial charge on any atom is 0.416 e. The Morgan fingerprint density at radius 3 is 2.54 bits per heavy atom. The topological polar surface area (TPSA) is 89.0 Å². The van der Waals surface area contributed by atoms with Crippen LogP contribution in [0.2, 0.25) is 5.02 Å². The molecular formula is C25H20BrClF3N3O4. The van der Waals surface area contributed by atoms with Gasteiger partial charge in [-0.25, -0.2) is 5.43 Å². The van der Waals surface area contributed by atoms with E-state index in [0.29, 0.717) is 26.6 Å². The molecule has 7 nitrogen and oxygen atoms in total. The average Bonchev–Trinajstić information content (AvgIpc) is 2.83. The Morgan fingerprint density at radius 2 is 1.84 bits per heavy atom. The molecular weight excluding hydrogens is 579 g/mol. The van der Waals surface area contributed by atoms with Gasteiger partial charge in [0, 0.05) is 16.3 Å². The van der Waals surface area contributed by atoms with Gasteiger partial charge in [-0.05, 0) is 57.9 Å². The fourth-order valence-corrected chi connectivity index (χ4v) is 3.83. The van der Waals surface area contributed by atoms with Crippen LogP contribution in [-0.4, -0.2) is 25.1 Å². The number of anilines is 1. The highest BCUT2D eigenvalue weighted by atomic mass is 79.9. The molecule has 0 fully saturated rings. The maximum atomic E-state index is 12.8. The number of benzene rings is 3. The lowest BCUT2D eigenvalue weighted by molar-refractivity contribution is -0.137. The minimum Gasteiger partial charge on any atom is -0.493 e. The molecule has 0 aliphatic rings. The molecule has 3 aromatic carbocycles. The van der Waals surface area contributed by atoms with E-state index in [1.807, 2.05) is 18.2 Å². The third-order valence-electron chi connectivity index (χ3n) is 4.78. The van der Waals surface area contributed by atoms with Gasteiger partial charge < -0.3 is 14.8 Å². The fourth-order valence-electron chi connectivity index (χ4n) is 3.06.